The Labute approximate surface area is 216 Å². The average Bonchev–Trinajstić information content (AvgIpc) is 3.79. The number of nitrogens with one attached hydrogen (secondary N) is 2. The van der Waals surface area contributed by atoms with E-state index in [4.69, 9.17) is 5.73 Å². The minimum Gasteiger partial charge on any atom is -0.397 e. The van der Waals surface area contributed by atoms with Gasteiger partial charge in [-0.1, -0.05) is 72.8 Å². The van der Waals surface area contributed by atoms with E-state index in [-0.39, 0.29) is 5.91 Å². The molecule has 1 aliphatic carbocycles. The molecule has 5 aromatic rings. The molecule has 1 amide bonds. The van der Waals surface area contributed by atoms with Crippen LogP contribution in [0.3, 0.4) is 0 Å². The van der Waals surface area contributed by atoms with Gasteiger partial charge in [-0.05, 0) is 70.7 Å². The first kappa shape index (κ1) is 22.8. The monoisotopic (exact) mass is 484 g/mol. The summed E-state index contributed by atoms with van der Waals surface area (Å²) in [5.74, 6) is 0.252. The summed E-state index contributed by atoms with van der Waals surface area (Å²) in [6, 6.07) is 32.1. The van der Waals surface area contributed by atoms with E-state index in [2.05, 4.69) is 52.0 Å². The first-order valence-corrected chi connectivity index (χ1v) is 12.6. The van der Waals surface area contributed by atoms with Gasteiger partial charge in [-0.2, -0.15) is 0 Å². The fraction of sp³-hybridized carbons (Fsp3) is 0.125. The van der Waals surface area contributed by atoms with Gasteiger partial charge in [-0.15, -0.1) is 0 Å². The van der Waals surface area contributed by atoms with Crippen molar-refractivity contribution in [3.8, 4) is 11.1 Å². The predicted molar refractivity (Wildman–Crippen MR) is 152 cm³/mol. The van der Waals surface area contributed by atoms with Gasteiger partial charge in [0.1, 0.15) is 5.69 Å². The molecule has 37 heavy (non-hydrogen) atoms. The second kappa shape index (κ2) is 9.78. The van der Waals surface area contributed by atoms with Crippen LogP contribution in [0.25, 0.3) is 21.9 Å². The van der Waals surface area contributed by atoms with Gasteiger partial charge in [-0.25, -0.2) is 0 Å². The minimum atomic E-state index is -0.280. The number of aromatic nitrogens is 1. The summed E-state index contributed by atoms with van der Waals surface area (Å²) in [5.41, 5.74) is 13.4. The Bertz CT molecular complexity index is 1580. The Hall–Kier alpha value is -4.64. The number of anilines is 3. The zero-order valence-electron chi connectivity index (χ0n) is 20.4. The summed E-state index contributed by atoms with van der Waals surface area (Å²) in [6.45, 7) is 0.767. The molecule has 4 aromatic carbocycles. The van der Waals surface area contributed by atoms with Crippen LogP contribution in [0.15, 0.2) is 103 Å². The molecular weight excluding hydrogens is 456 g/mol. The zero-order chi connectivity index (χ0) is 25.2. The second-order valence-electron chi connectivity index (χ2n) is 9.55. The summed E-state index contributed by atoms with van der Waals surface area (Å²) in [7, 11) is 0. The van der Waals surface area contributed by atoms with Gasteiger partial charge in [0.15, 0.2) is 0 Å². The summed E-state index contributed by atoms with van der Waals surface area (Å²) < 4.78 is 0. The number of carbonyl (C=O) groups excluding carboxylic acids is 1. The Balaban J connectivity index is 1.26. The molecule has 5 nitrogen and oxygen atoms in total. The smallest absolute Gasteiger partial charge is 0.274 e. The minimum absolute atomic E-state index is 0.280. The largest absolute Gasteiger partial charge is 0.397 e. The van der Waals surface area contributed by atoms with Crippen molar-refractivity contribution in [3.63, 3.8) is 0 Å². The van der Waals surface area contributed by atoms with Crippen LogP contribution in [0.2, 0.25) is 0 Å². The second-order valence-corrected chi connectivity index (χ2v) is 9.55. The molecule has 5 heteroatoms. The van der Waals surface area contributed by atoms with Gasteiger partial charge in [0.2, 0.25) is 0 Å². The van der Waals surface area contributed by atoms with Gasteiger partial charge in [-0.3, -0.25) is 9.78 Å². The molecule has 182 valence electrons. The first-order chi connectivity index (χ1) is 18.2. The van der Waals surface area contributed by atoms with Crippen LogP contribution in [-0.2, 0) is 6.54 Å². The molecule has 0 saturated heterocycles. The highest BCUT2D eigenvalue weighted by molar-refractivity contribution is 6.07. The third-order valence-corrected chi connectivity index (χ3v) is 6.90. The lowest BCUT2D eigenvalue weighted by Crippen LogP contribution is -2.15. The molecule has 0 atom stereocenters. The van der Waals surface area contributed by atoms with E-state index in [1.54, 1.807) is 0 Å². The van der Waals surface area contributed by atoms with Crippen molar-refractivity contribution in [1.82, 2.24) is 4.98 Å². The highest BCUT2D eigenvalue weighted by Crippen LogP contribution is 2.46. The van der Waals surface area contributed by atoms with Crippen molar-refractivity contribution in [2.45, 2.75) is 25.3 Å². The van der Waals surface area contributed by atoms with Gasteiger partial charge < -0.3 is 16.4 Å². The maximum absolute atomic E-state index is 13.2. The number of hydrogen-bond acceptors (Lipinski definition) is 4. The SMILES string of the molecule is Nc1ccc(-c2ccccc2)cc1NC(=O)c1cc2ccc(NCc3ccccc3)c(C3CC3)c2cn1. The van der Waals surface area contributed by atoms with Crippen molar-refractivity contribution in [1.29, 1.82) is 0 Å². The number of hydrogen-bond donors (Lipinski definition) is 3. The number of nitrogens with two attached hydrogens (primary N) is 1. The number of nitrogens with zero attached hydrogens (tertiary/aromatic N) is 1. The summed E-state index contributed by atoms with van der Waals surface area (Å²) in [4.78, 5) is 17.7. The Kier molecular flexibility index (Phi) is 6.03. The van der Waals surface area contributed by atoms with E-state index in [0.29, 0.717) is 23.0 Å². The summed E-state index contributed by atoms with van der Waals surface area (Å²) >= 11 is 0. The van der Waals surface area contributed by atoms with Gasteiger partial charge >= 0.3 is 0 Å². The maximum atomic E-state index is 13.2. The summed E-state index contributed by atoms with van der Waals surface area (Å²) in [6.07, 6.45) is 4.20. The van der Waals surface area contributed by atoms with Crippen LogP contribution in [0.1, 0.15) is 40.4 Å². The standard InChI is InChI=1S/C32H28N4O/c33-27-15-13-24(22-9-5-2-6-10-22)17-29(27)36-32(37)30-18-25-14-16-28(34-19-21-7-3-1-4-8-21)31(23-11-12-23)26(25)20-35-30/h1-10,13-18,20,23,34H,11-12,19,33H2,(H,36,37). The van der Waals surface area contributed by atoms with E-state index >= 15 is 0 Å². The van der Waals surface area contributed by atoms with Crippen LogP contribution in [0, 0.1) is 0 Å². The molecule has 1 saturated carbocycles. The van der Waals surface area contributed by atoms with Crippen molar-refractivity contribution in [2.75, 3.05) is 16.4 Å². The van der Waals surface area contributed by atoms with Crippen LogP contribution in [-0.4, -0.2) is 10.9 Å². The zero-order valence-corrected chi connectivity index (χ0v) is 20.4. The number of carbonyl (C=O) groups is 1. The van der Waals surface area contributed by atoms with Crippen molar-refractivity contribution < 1.29 is 4.79 Å². The van der Waals surface area contributed by atoms with Crippen molar-refractivity contribution in [2.24, 2.45) is 0 Å². The highest BCUT2D eigenvalue weighted by Gasteiger charge is 2.28. The topological polar surface area (TPSA) is 80.0 Å². The molecule has 0 unspecified atom stereocenters. The fourth-order valence-corrected chi connectivity index (χ4v) is 4.79. The van der Waals surface area contributed by atoms with E-state index in [1.165, 1.54) is 24.0 Å². The van der Waals surface area contributed by atoms with Crippen LogP contribution in [0.4, 0.5) is 17.1 Å². The molecular formula is C32H28N4O. The van der Waals surface area contributed by atoms with E-state index in [0.717, 1.165) is 34.1 Å². The van der Waals surface area contributed by atoms with Crippen LogP contribution in [0.5, 0.6) is 0 Å². The first-order valence-electron chi connectivity index (χ1n) is 12.6. The molecule has 1 heterocycles. The molecule has 1 aromatic heterocycles. The Morgan fingerprint density at radius 1 is 0.838 bits per heavy atom. The van der Waals surface area contributed by atoms with Crippen LogP contribution < -0.4 is 16.4 Å². The third kappa shape index (κ3) is 4.89. The summed E-state index contributed by atoms with van der Waals surface area (Å²) in [5, 5.41) is 8.69. The number of pyridine rings is 1. The van der Waals surface area contributed by atoms with Gasteiger partial charge in [0.25, 0.3) is 5.91 Å². The molecule has 0 spiro atoms. The van der Waals surface area contributed by atoms with Gasteiger partial charge in [0, 0.05) is 23.8 Å². The molecule has 6 rings (SSSR count). The highest BCUT2D eigenvalue weighted by atomic mass is 16.1. The van der Waals surface area contributed by atoms with E-state index in [1.807, 2.05) is 66.9 Å². The molecule has 4 N–H and O–H groups in total. The lowest BCUT2D eigenvalue weighted by Gasteiger charge is -2.15. The lowest BCUT2D eigenvalue weighted by molar-refractivity contribution is 0.102. The number of fused-ring (bicyclic) bond motifs is 1. The molecule has 0 aliphatic heterocycles. The van der Waals surface area contributed by atoms with E-state index < -0.39 is 0 Å². The number of benzene rings is 4. The predicted octanol–water partition coefficient (Wildman–Crippen LogP) is 7.23. The number of rotatable bonds is 7. The number of amides is 1. The maximum Gasteiger partial charge on any atom is 0.274 e. The normalized spacial score (nSPS) is 12.9. The molecule has 1 aliphatic rings. The third-order valence-electron chi connectivity index (χ3n) is 6.90. The Morgan fingerprint density at radius 2 is 1.59 bits per heavy atom. The molecule has 1 fully saturated rings. The average molecular weight is 485 g/mol. The quantitative estimate of drug-likeness (QED) is 0.213. The van der Waals surface area contributed by atoms with Crippen molar-refractivity contribution >= 4 is 33.7 Å². The molecule has 0 radical (unpaired) electrons. The van der Waals surface area contributed by atoms with Gasteiger partial charge in [0.05, 0.1) is 11.4 Å². The Morgan fingerprint density at radius 3 is 2.35 bits per heavy atom. The van der Waals surface area contributed by atoms with Crippen LogP contribution >= 0.6 is 0 Å². The van der Waals surface area contributed by atoms with E-state index in [9.17, 15) is 4.79 Å². The lowest BCUT2D eigenvalue weighted by atomic mass is 9.99. The number of nitrogen functional groups attached to an aromatic ring is 1. The fourth-order valence-electron chi connectivity index (χ4n) is 4.79. The molecule has 0 bridgehead atoms. The van der Waals surface area contributed by atoms with Crippen molar-refractivity contribution in [3.05, 3.63) is 120 Å².